The van der Waals surface area contributed by atoms with Crippen molar-refractivity contribution in [2.75, 3.05) is 13.1 Å². The molecule has 1 aromatic carbocycles. The molecule has 1 amide bonds. The van der Waals surface area contributed by atoms with Crippen LogP contribution in [0.2, 0.25) is 0 Å². The van der Waals surface area contributed by atoms with Crippen LogP contribution in [0, 0.1) is 6.07 Å². The maximum absolute atomic E-state index is 11.5. The summed E-state index contributed by atoms with van der Waals surface area (Å²) in [4.78, 5) is 13.1. The summed E-state index contributed by atoms with van der Waals surface area (Å²) in [6.45, 7) is 5.14. The quantitative estimate of drug-likeness (QED) is 0.633. The van der Waals surface area contributed by atoms with Crippen molar-refractivity contribution in [2.24, 2.45) is 0 Å². The Morgan fingerprint density at radius 2 is 2.06 bits per heavy atom. The summed E-state index contributed by atoms with van der Waals surface area (Å²) in [7, 11) is 4.76. The first-order valence-electron chi connectivity index (χ1n) is 4.98. The second-order valence-corrected chi connectivity index (χ2v) is 2.77. The van der Waals surface area contributed by atoms with Crippen LogP contribution in [0.4, 0.5) is 4.79 Å². The third-order valence-electron chi connectivity index (χ3n) is 1.90. The second-order valence-electron chi connectivity index (χ2n) is 2.77. The van der Waals surface area contributed by atoms with E-state index >= 15 is 0 Å². The fourth-order valence-electron chi connectivity index (χ4n) is 1.08. The molecule has 0 saturated heterocycles. The molecule has 1 aromatic rings. The molecule has 16 heavy (non-hydrogen) atoms. The Labute approximate surface area is 110 Å². The van der Waals surface area contributed by atoms with Crippen LogP contribution in [-0.4, -0.2) is 24.1 Å². The minimum atomic E-state index is -0.322. The van der Waals surface area contributed by atoms with E-state index in [0.29, 0.717) is 18.8 Å². The van der Waals surface area contributed by atoms with Crippen LogP contribution >= 0.6 is 9.69 Å². The number of para-hydroxylation sites is 1. The second kappa shape index (κ2) is 9.62. The van der Waals surface area contributed by atoms with Crippen LogP contribution in [0.1, 0.15) is 13.8 Å². The predicted molar refractivity (Wildman–Crippen MR) is 60.1 cm³/mol. The van der Waals surface area contributed by atoms with Gasteiger partial charge in [-0.3, -0.25) is 0 Å². The molecule has 0 bridgehead atoms. The van der Waals surface area contributed by atoms with E-state index < -0.39 is 0 Å². The van der Waals surface area contributed by atoms with Gasteiger partial charge in [0.15, 0.2) is 0 Å². The molecule has 0 spiro atoms. The van der Waals surface area contributed by atoms with Crippen molar-refractivity contribution in [1.29, 1.82) is 0 Å². The Balaban J connectivity index is 0.00000106. The zero-order chi connectivity index (χ0) is 12.4. The molecule has 0 aliphatic heterocycles. The molecule has 0 aromatic heterocycles. The first-order valence-corrected chi connectivity index (χ1v) is 8.88. The third-order valence-corrected chi connectivity index (χ3v) is 1.90. The van der Waals surface area contributed by atoms with Crippen LogP contribution < -0.4 is 4.74 Å². The summed E-state index contributed by atoms with van der Waals surface area (Å²) in [6.07, 6.45) is -0.322. The number of benzene rings is 1. The van der Waals surface area contributed by atoms with Crippen LogP contribution in [0.5, 0.6) is 5.75 Å². The predicted octanol–water partition coefficient (Wildman–Crippen LogP) is 3.01. The molecule has 0 atom stereocenters. The fourth-order valence-corrected chi connectivity index (χ4v) is 1.08. The van der Waals surface area contributed by atoms with Gasteiger partial charge in [0.05, 0.1) is 0 Å². The van der Waals surface area contributed by atoms with Crippen molar-refractivity contribution >= 4 is 15.8 Å². The van der Waals surface area contributed by atoms with Gasteiger partial charge in [0.1, 0.15) is 0 Å². The zero-order valence-electron chi connectivity index (χ0n) is 9.57. The van der Waals surface area contributed by atoms with Crippen molar-refractivity contribution in [3.05, 3.63) is 30.3 Å². The number of hydrogen-bond donors (Lipinski definition) is 0. The molecular weight excluding hydrogens is 279 g/mol. The Kier molecular flexibility index (Phi) is 9.26. The molecule has 0 heterocycles. The average molecular weight is 293 g/mol. The molecule has 84 valence electrons. The van der Waals surface area contributed by atoms with Gasteiger partial charge in [-0.05, 0) is 13.8 Å². The van der Waals surface area contributed by atoms with Crippen molar-refractivity contribution in [3.63, 3.8) is 0 Å². The number of halogens is 1. The molecule has 5 heteroatoms. The molecule has 0 fully saturated rings. The topological polar surface area (TPSA) is 29.5 Å². The van der Waals surface area contributed by atoms with E-state index in [2.05, 4.69) is 6.07 Å². The van der Waals surface area contributed by atoms with E-state index in [1.54, 1.807) is 23.1 Å². The summed E-state index contributed by atoms with van der Waals surface area (Å²) in [5.74, 6) is 0.462. The standard InChI is InChI=1S/C11H14NO2.ClH.Zn/c1-3-12(4-2)11(13)14-10-8-6-5-7-9-10;;/h5-8H,3-4H2,1-2H3;1H;/q-1;;+2/p-1. The molecule has 0 unspecified atom stereocenters. The van der Waals surface area contributed by atoms with Crippen LogP contribution in [0.15, 0.2) is 24.3 Å². The maximum atomic E-state index is 11.5. The number of amides is 1. The molecule has 0 aliphatic carbocycles. The van der Waals surface area contributed by atoms with E-state index in [1.165, 1.54) is 0 Å². The van der Waals surface area contributed by atoms with Gasteiger partial charge < -0.3 is 9.64 Å². The van der Waals surface area contributed by atoms with Gasteiger partial charge >= 0.3 is 33.1 Å². The van der Waals surface area contributed by atoms with E-state index in [-0.39, 0.29) is 6.09 Å². The van der Waals surface area contributed by atoms with Gasteiger partial charge in [-0.2, -0.15) is 18.2 Å². The molecule has 1 rings (SSSR count). The molecule has 0 radical (unpaired) electrons. The summed E-state index contributed by atoms with van der Waals surface area (Å²) < 4.78 is 5.09. The van der Waals surface area contributed by atoms with E-state index in [0.717, 1.165) is 17.3 Å². The molecule has 0 aliphatic rings. The number of nitrogens with zero attached hydrogens (tertiary/aromatic N) is 1. The van der Waals surface area contributed by atoms with Gasteiger partial charge in [0.25, 0.3) is 0 Å². The number of rotatable bonds is 3. The number of hydrogen-bond acceptors (Lipinski definition) is 2. The van der Waals surface area contributed by atoms with E-state index in [1.807, 2.05) is 19.9 Å². The van der Waals surface area contributed by atoms with Gasteiger partial charge in [0, 0.05) is 18.8 Å². The van der Waals surface area contributed by atoms with Crippen molar-refractivity contribution in [2.45, 2.75) is 13.8 Å². The number of ether oxygens (including phenoxy) is 1. The van der Waals surface area contributed by atoms with Crippen LogP contribution in [0.25, 0.3) is 0 Å². The van der Waals surface area contributed by atoms with Crippen molar-refractivity contribution in [1.82, 2.24) is 4.90 Å². The summed E-state index contributed by atoms with van der Waals surface area (Å²) >= 11 is 0.847. The Bertz CT molecular complexity index is 291. The van der Waals surface area contributed by atoms with Crippen LogP contribution in [0.3, 0.4) is 0 Å². The van der Waals surface area contributed by atoms with Crippen molar-refractivity contribution in [3.8, 4) is 5.75 Å². The zero-order valence-corrected chi connectivity index (χ0v) is 13.3. The Morgan fingerprint density at radius 1 is 1.44 bits per heavy atom. The summed E-state index contributed by atoms with van der Waals surface area (Å²) in [6, 6.07) is 9.89. The van der Waals surface area contributed by atoms with Gasteiger partial charge in [-0.15, -0.1) is 12.1 Å². The molecular formula is C11H14ClNO2Zn. The molecule has 3 nitrogen and oxygen atoms in total. The first-order chi connectivity index (χ1) is 7.77. The normalized spacial score (nSPS) is 8.81. The Morgan fingerprint density at radius 3 is 2.50 bits per heavy atom. The van der Waals surface area contributed by atoms with Gasteiger partial charge in [-0.25, -0.2) is 4.79 Å². The molecule has 0 saturated carbocycles. The van der Waals surface area contributed by atoms with Gasteiger partial charge in [0.2, 0.25) is 0 Å². The SMILES string of the molecule is CCN(CC)C(=O)Oc1[c-]cccc1.[Cl][Zn+]. The number of carbonyl (C=O) groups is 1. The summed E-state index contributed by atoms with van der Waals surface area (Å²) in [5, 5.41) is 0. The van der Waals surface area contributed by atoms with Crippen molar-refractivity contribution < 1.29 is 26.8 Å². The third kappa shape index (κ3) is 5.48. The van der Waals surface area contributed by atoms with E-state index in [4.69, 9.17) is 14.4 Å². The first kappa shape index (κ1) is 15.4. The number of carbonyl (C=O) groups excluding carboxylic acids is 1. The Hall–Kier alpha value is -0.597. The monoisotopic (exact) mass is 291 g/mol. The summed E-state index contributed by atoms with van der Waals surface area (Å²) in [5.41, 5.74) is 0. The van der Waals surface area contributed by atoms with Gasteiger partial charge in [-0.1, -0.05) is 0 Å². The fraction of sp³-hybridized carbons (Fsp3) is 0.364. The van der Waals surface area contributed by atoms with Crippen LogP contribution in [-0.2, 0) is 17.3 Å². The minimum absolute atomic E-state index is 0.322. The molecule has 0 N–H and O–H groups in total. The van der Waals surface area contributed by atoms with E-state index in [9.17, 15) is 4.79 Å². The average Bonchev–Trinajstić information content (AvgIpc) is 2.34.